The quantitative estimate of drug-likeness (QED) is 0.427. The summed E-state index contributed by atoms with van der Waals surface area (Å²) in [5.74, 6) is 1.31. The molecule has 160 valence electrons. The smallest absolute Gasteiger partial charge is 0.261 e. The number of methoxy groups -OCH3 is 1. The molecule has 0 fully saturated rings. The molecule has 5 rings (SSSR count). The van der Waals surface area contributed by atoms with Crippen LogP contribution in [0.2, 0.25) is 0 Å². The Kier molecular flexibility index (Phi) is 5.12. The lowest BCUT2D eigenvalue weighted by Crippen LogP contribution is -2.15. The molecule has 4 aromatic heterocycles. The first-order chi connectivity index (χ1) is 15.7. The average Bonchev–Trinajstić information content (AvgIpc) is 3.49. The summed E-state index contributed by atoms with van der Waals surface area (Å²) in [6.07, 6.45) is 5.28. The van der Waals surface area contributed by atoms with Gasteiger partial charge in [0.05, 0.1) is 17.5 Å². The van der Waals surface area contributed by atoms with Crippen molar-refractivity contribution in [3.8, 4) is 21.9 Å². The highest BCUT2D eigenvalue weighted by atomic mass is 32.1. The molecule has 0 atom stereocenters. The summed E-state index contributed by atoms with van der Waals surface area (Å²) in [4.78, 5) is 22.3. The molecule has 32 heavy (non-hydrogen) atoms. The number of thiophene rings is 1. The van der Waals surface area contributed by atoms with Gasteiger partial charge in [-0.2, -0.15) is 0 Å². The van der Waals surface area contributed by atoms with E-state index in [1.807, 2.05) is 36.5 Å². The molecule has 1 amide bonds. The van der Waals surface area contributed by atoms with Crippen LogP contribution in [0.15, 0.2) is 55.0 Å². The maximum Gasteiger partial charge on any atom is 0.261 e. The monoisotopic (exact) mass is 446 g/mol. The number of amides is 1. The minimum atomic E-state index is -0.113. The predicted octanol–water partition coefficient (Wildman–Crippen LogP) is 3.35. The van der Waals surface area contributed by atoms with Crippen molar-refractivity contribution in [2.24, 2.45) is 0 Å². The normalized spacial score (nSPS) is 11.1. The first-order valence-corrected chi connectivity index (χ1v) is 10.6. The highest BCUT2D eigenvalue weighted by Gasteiger charge is 2.13. The molecule has 9 nitrogen and oxygen atoms in total. The number of rotatable bonds is 6. The van der Waals surface area contributed by atoms with Gasteiger partial charge in [0.25, 0.3) is 5.91 Å². The van der Waals surface area contributed by atoms with Gasteiger partial charge in [-0.1, -0.05) is 5.21 Å². The van der Waals surface area contributed by atoms with Crippen molar-refractivity contribution < 1.29 is 14.3 Å². The number of ether oxygens (including phenoxy) is 2. The summed E-state index contributed by atoms with van der Waals surface area (Å²) in [6, 6.07) is 11.1. The van der Waals surface area contributed by atoms with Gasteiger partial charge in [-0.15, -0.1) is 16.4 Å². The lowest BCUT2D eigenvalue weighted by Gasteiger charge is -2.08. The number of hydrogen-bond donors (Lipinski definition) is 1. The highest BCUT2D eigenvalue weighted by Crippen LogP contribution is 2.29. The number of nitrogens with one attached hydrogen (secondary N) is 1. The van der Waals surface area contributed by atoms with Crippen molar-refractivity contribution in [3.05, 3.63) is 65.6 Å². The zero-order chi connectivity index (χ0) is 22.1. The summed E-state index contributed by atoms with van der Waals surface area (Å²) in [5.41, 5.74) is 2.86. The van der Waals surface area contributed by atoms with E-state index in [0.717, 1.165) is 27.1 Å². The summed E-state index contributed by atoms with van der Waals surface area (Å²) < 4.78 is 12.9. The van der Waals surface area contributed by atoms with Crippen molar-refractivity contribution in [1.29, 1.82) is 0 Å². The Balaban J connectivity index is 1.39. The summed E-state index contributed by atoms with van der Waals surface area (Å²) >= 11 is 1.39. The Hall–Kier alpha value is -4.05. The lowest BCUT2D eigenvalue weighted by molar-refractivity contribution is 0.0967. The maximum atomic E-state index is 11.8. The third-order valence-corrected chi connectivity index (χ3v) is 6.07. The number of carbonyl (C=O) groups excluding carboxylic acids is 1. The molecule has 5 aromatic rings. The highest BCUT2D eigenvalue weighted by molar-refractivity contribution is 7.17. The Morgan fingerprint density at radius 1 is 1.19 bits per heavy atom. The van der Waals surface area contributed by atoms with Crippen LogP contribution in [-0.4, -0.2) is 44.9 Å². The van der Waals surface area contributed by atoms with Crippen LogP contribution in [0, 0.1) is 0 Å². The van der Waals surface area contributed by atoms with E-state index in [0.29, 0.717) is 22.0 Å². The van der Waals surface area contributed by atoms with Crippen LogP contribution < -0.4 is 14.8 Å². The van der Waals surface area contributed by atoms with E-state index in [1.54, 1.807) is 37.1 Å². The molecule has 0 saturated carbocycles. The van der Waals surface area contributed by atoms with E-state index in [9.17, 15) is 4.79 Å². The fourth-order valence-electron chi connectivity index (χ4n) is 3.30. The van der Waals surface area contributed by atoms with E-state index in [1.165, 1.54) is 11.3 Å². The Labute approximate surface area is 186 Å². The number of aromatic nitrogens is 5. The van der Waals surface area contributed by atoms with Crippen LogP contribution in [0.3, 0.4) is 0 Å². The minimum Gasteiger partial charge on any atom is -0.497 e. The number of benzene rings is 1. The van der Waals surface area contributed by atoms with Gasteiger partial charge in [0.1, 0.15) is 23.8 Å². The molecule has 1 aromatic carbocycles. The molecule has 0 saturated heterocycles. The molecule has 0 bridgehead atoms. The molecule has 1 N–H and O–H groups in total. The molecular weight excluding hydrogens is 428 g/mol. The average molecular weight is 446 g/mol. The van der Waals surface area contributed by atoms with E-state index < -0.39 is 0 Å². The van der Waals surface area contributed by atoms with Gasteiger partial charge in [0.15, 0.2) is 5.65 Å². The Morgan fingerprint density at radius 3 is 2.94 bits per heavy atom. The van der Waals surface area contributed by atoms with Gasteiger partial charge in [-0.25, -0.2) is 9.50 Å². The van der Waals surface area contributed by atoms with Crippen molar-refractivity contribution in [3.63, 3.8) is 0 Å². The van der Waals surface area contributed by atoms with Crippen molar-refractivity contribution in [2.75, 3.05) is 14.2 Å². The fourth-order valence-corrected chi connectivity index (χ4v) is 4.22. The number of pyridine rings is 1. The second-order valence-corrected chi connectivity index (χ2v) is 7.95. The molecule has 10 heteroatoms. The van der Waals surface area contributed by atoms with Gasteiger partial charge in [-0.3, -0.25) is 9.78 Å². The molecule has 0 aliphatic heterocycles. The van der Waals surface area contributed by atoms with Crippen molar-refractivity contribution >= 4 is 33.8 Å². The summed E-state index contributed by atoms with van der Waals surface area (Å²) in [7, 11) is 3.23. The number of nitrogens with zero attached hydrogens (tertiary/aromatic N) is 5. The molecular formula is C22H18N6O3S. The van der Waals surface area contributed by atoms with Crippen LogP contribution in [0.4, 0.5) is 0 Å². The molecule has 0 aliphatic carbocycles. The number of fused-ring (bicyclic) bond motifs is 2. The minimum absolute atomic E-state index is 0.113. The number of hydrogen-bond acceptors (Lipinski definition) is 8. The van der Waals surface area contributed by atoms with Gasteiger partial charge in [-0.05, 0) is 30.3 Å². The topological polar surface area (TPSA) is 104 Å². The molecule has 0 unspecified atom stereocenters. The van der Waals surface area contributed by atoms with Crippen LogP contribution in [0.5, 0.6) is 11.5 Å². The van der Waals surface area contributed by atoms with Crippen molar-refractivity contribution in [2.45, 2.75) is 6.61 Å². The van der Waals surface area contributed by atoms with E-state index in [4.69, 9.17) is 9.47 Å². The van der Waals surface area contributed by atoms with E-state index >= 15 is 0 Å². The molecule has 0 spiro atoms. The SMILES string of the molecule is CNC(=O)c1ccc(-c2cnc3c(COc4ccnc5cc(OC)ccc45)nnn3c2)s1. The third kappa shape index (κ3) is 3.60. The molecule has 4 heterocycles. The zero-order valence-corrected chi connectivity index (χ0v) is 18.1. The molecule has 0 aliphatic rings. The Morgan fingerprint density at radius 2 is 2.09 bits per heavy atom. The standard InChI is InChI=1S/C22H18N6O3S/c1-23-22(29)20-6-5-19(32-20)13-10-25-21-17(26-27-28(21)11-13)12-31-18-7-8-24-16-9-14(30-2)3-4-15(16)18/h3-11H,12H2,1-2H3,(H,23,29). The van der Waals surface area contributed by atoms with Gasteiger partial charge < -0.3 is 14.8 Å². The Bertz CT molecular complexity index is 1440. The van der Waals surface area contributed by atoms with Crippen molar-refractivity contribution in [1.82, 2.24) is 30.1 Å². The van der Waals surface area contributed by atoms with Gasteiger partial charge >= 0.3 is 0 Å². The van der Waals surface area contributed by atoms with Gasteiger partial charge in [0, 0.05) is 47.5 Å². The van der Waals surface area contributed by atoms with Crippen LogP contribution >= 0.6 is 11.3 Å². The summed E-state index contributed by atoms with van der Waals surface area (Å²) in [6.45, 7) is 0.209. The third-order valence-electron chi connectivity index (χ3n) is 4.94. The summed E-state index contributed by atoms with van der Waals surface area (Å²) in [5, 5.41) is 11.9. The first kappa shape index (κ1) is 19.9. The van der Waals surface area contributed by atoms with E-state index in [2.05, 4.69) is 25.6 Å². The van der Waals surface area contributed by atoms with E-state index in [-0.39, 0.29) is 12.5 Å². The van der Waals surface area contributed by atoms with Gasteiger partial charge in [0.2, 0.25) is 0 Å². The zero-order valence-electron chi connectivity index (χ0n) is 17.3. The van der Waals surface area contributed by atoms with Crippen LogP contribution in [0.1, 0.15) is 15.4 Å². The fraction of sp³-hybridized carbons (Fsp3) is 0.136. The van der Waals surface area contributed by atoms with Crippen LogP contribution in [-0.2, 0) is 6.61 Å². The number of carbonyl (C=O) groups is 1. The predicted molar refractivity (Wildman–Crippen MR) is 120 cm³/mol. The second-order valence-electron chi connectivity index (χ2n) is 6.87. The maximum absolute atomic E-state index is 11.8. The largest absolute Gasteiger partial charge is 0.497 e. The molecule has 0 radical (unpaired) electrons. The lowest BCUT2D eigenvalue weighted by atomic mass is 10.2. The first-order valence-electron chi connectivity index (χ1n) is 9.74. The van der Waals surface area contributed by atoms with Crippen LogP contribution in [0.25, 0.3) is 27.0 Å². The second kappa shape index (κ2) is 8.23.